The number of aromatic amines is 1. The summed E-state index contributed by atoms with van der Waals surface area (Å²) in [7, 11) is 4.66. The third kappa shape index (κ3) is 4.12. The van der Waals surface area contributed by atoms with Crippen molar-refractivity contribution in [2.24, 2.45) is 0 Å². The Morgan fingerprint density at radius 3 is 2.24 bits per heavy atom. The van der Waals surface area contributed by atoms with Crippen molar-refractivity contribution in [2.75, 3.05) is 34.4 Å². The fourth-order valence-corrected chi connectivity index (χ4v) is 6.54. The Morgan fingerprint density at radius 2 is 1.61 bits per heavy atom. The van der Waals surface area contributed by atoms with E-state index >= 15 is 0 Å². The Morgan fingerprint density at radius 1 is 0.927 bits per heavy atom. The highest BCUT2D eigenvalue weighted by molar-refractivity contribution is 6.01. The van der Waals surface area contributed by atoms with Crippen LogP contribution in [0.2, 0.25) is 0 Å². The zero-order valence-electron chi connectivity index (χ0n) is 24.1. The number of aromatic nitrogens is 1. The van der Waals surface area contributed by atoms with Crippen LogP contribution in [0.1, 0.15) is 47.7 Å². The van der Waals surface area contributed by atoms with Crippen LogP contribution < -0.4 is 14.2 Å². The Balaban J connectivity index is 1.44. The predicted molar refractivity (Wildman–Crippen MR) is 157 cm³/mol. The molecule has 0 radical (unpaired) electrons. The molecule has 3 heterocycles. The predicted octanol–water partition coefficient (Wildman–Crippen LogP) is 4.99. The minimum absolute atomic E-state index is 0.0118. The van der Waals surface area contributed by atoms with Crippen molar-refractivity contribution in [1.29, 1.82) is 0 Å². The van der Waals surface area contributed by atoms with Crippen molar-refractivity contribution in [3.05, 3.63) is 88.6 Å². The summed E-state index contributed by atoms with van der Waals surface area (Å²) in [4.78, 5) is 35.3. The van der Waals surface area contributed by atoms with Crippen LogP contribution in [-0.2, 0) is 28.1 Å². The highest BCUT2D eigenvalue weighted by Gasteiger charge is 2.56. The van der Waals surface area contributed by atoms with Crippen LogP contribution in [0.4, 0.5) is 0 Å². The maximum Gasteiger partial charge on any atom is 0.255 e. The van der Waals surface area contributed by atoms with Gasteiger partial charge in [0.2, 0.25) is 11.7 Å². The minimum atomic E-state index is -1.18. The van der Waals surface area contributed by atoms with Crippen LogP contribution in [0.5, 0.6) is 17.2 Å². The normalized spacial score (nSPS) is 20.2. The number of nitrogens with zero attached hydrogens (tertiary/aromatic N) is 2. The lowest BCUT2D eigenvalue weighted by atomic mass is 9.76. The molecule has 0 aliphatic carbocycles. The summed E-state index contributed by atoms with van der Waals surface area (Å²) < 4.78 is 16.5. The molecule has 0 spiro atoms. The summed E-state index contributed by atoms with van der Waals surface area (Å²) in [5.41, 5.74) is 4.82. The number of methoxy groups -OCH3 is 3. The van der Waals surface area contributed by atoms with Crippen molar-refractivity contribution in [3.63, 3.8) is 0 Å². The first-order valence-corrected chi connectivity index (χ1v) is 13.9. The maximum atomic E-state index is 14.5. The topological polar surface area (TPSA) is 84.1 Å². The largest absolute Gasteiger partial charge is 0.493 e. The fraction of sp³-hybridized carbons (Fsp3) is 0.333. The van der Waals surface area contributed by atoms with Gasteiger partial charge in [-0.1, -0.05) is 49.4 Å². The van der Waals surface area contributed by atoms with Gasteiger partial charge in [0.15, 0.2) is 17.0 Å². The summed E-state index contributed by atoms with van der Waals surface area (Å²) in [6.07, 6.45) is 0.961. The van der Waals surface area contributed by atoms with E-state index in [2.05, 4.69) is 42.2 Å². The lowest BCUT2D eigenvalue weighted by Gasteiger charge is -2.51. The first-order valence-electron chi connectivity index (χ1n) is 13.9. The third-order valence-electron chi connectivity index (χ3n) is 8.71. The molecule has 212 valence electrons. The number of benzene rings is 3. The Bertz CT molecular complexity index is 1620. The van der Waals surface area contributed by atoms with Crippen LogP contribution in [-0.4, -0.2) is 61.0 Å². The Hall–Kier alpha value is -4.46. The molecule has 2 aliphatic heterocycles. The van der Waals surface area contributed by atoms with Crippen LogP contribution >= 0.6 is 0 Å². The molecule has 0 bridgehead atoms. The number of carbonyl (C=O) groups excluding carboxylic acids is 2. The molecule has 1 saturated heterocycles. The highest BCUT2D eigenvalue weighted by Crippen LogP contribution is 2.48. The zero-order chi connectivity index (χ0) is 28.9. The molecule has 0 saturated carbocycles. The van der Waals surface area contributed by atoms with Crippen LogP contribution in [0.25, 0.3) is 10.9 Å². The van der Waals surface area contributed by atoms with Crippen molar-refractivity contribution >= 4 is 22.7 Å². The third-order valence-corrected chi connectivity index (χ3v) is 8.71. The van der Waals surface area contributed by atoms with Gasteiger partial charge >= 0.3 is 0 Å². The minimum Gasteiger partial charge on any atom is -0.493 e. The molecule has 4 aromatic rings. The number of hydrogen-bond donors (Lipinski definition) is 1. The van der Waals surface area contributed by atoms with Gasteiger partial charge in [0.25, 0.3) is 5.91 Å². The molecular formula is C33H35N3O5. The lowest BCUT2D eigenvalue weighted by Crippen LogP contribution is -2.67. The lowest BCUT2D eigenvalue weighted by molar-refractivity contribution is -0.166. The number of para-hydroxylation sites is 1. The number of fused-ring (bicyclic) bond motifs is 5. The van der Waals surface area contributed by atoms with E-state index < -0.39 is 5.54 Å². The molecule has 2 atom stereocenters. The van der Waals surface area contributed by atoms with E-state index in [1.165, 1.54) is 5.56 Å². The molecule has 1 fully saturated rings. The van der Waals surface area contributed by atoms with Gasteiger partial charge in [0, 0.05) is 29.9 Å². The average molecular weight is 554 g/mol. The fourth-order valence-electron chi connectivity index (χ4n) is 6.54. The molecule has 2 aliphatic rings. The van der Waals surface area contributed by atoms with E-state index in [4.69, 9.17) is 14.2 Å². The van der Waals surface area contributed by atoms with Gasteiger partial charge in [-0.25, -0.2) is 0 Å². The van der Waals surface area contributed by atoms with E-state index in [0.717, 1.165) is 39.7 Å². The molecule has 6 rings (SSSR count). The average Bonchev–Trinajstić information content (AvgIpc) is 3.40. The number of hydrogen-bond acceptors (Lipinski definition) is 5. The van der Waals surface area contributed by atoms with Gasteiger partial charge < -0.3 is 29.0 Å². The molecule has 1 aromatic heterocycles. The maximum absolute atomic E-state index is 14.5. The summed E-state index contributed by atoms with van der Waals surface area (Å²) >= 11 is 0. The molecule has 3 aromatic carbocycles. The van der Waals surface area contributed by atoms with Crippen molar-refractivity contribution in [2.45, 2.75) is 38.3 Å². The van der Waals surface area contributed by atoms with Gasteiger partial charge in [0.1, 0.15) is 6.54 Å². The van der Waals surface area contributed by atoms with E-state index in [0.29, 0.717) is 23.8 Å². The number of amides is 2. The molecule has 0 unspecified atom stereocenters. The second-order valence-corrected chi connectivity index (χ2v) is 10.9. The van der Waals surface area contributed by atoms with Crippen LogP contribution in [0.3, 0.4) is 0 Å². The number of carbonyl (C=O) groups is 2. The molecule has 2 amide bonds. The zero-order valence-corrected chi connectivity index (χ0v) is 24.1. The number of rotatable bonds is 7. The molecule has 8 heteroatoms. The molecule has 41 heavy (non-hydrogen) atoms. The molecular weight excluding hydrogens is 518 g/mol. The number of aryl methyl sites for hydroxylation is 1. The number of piperazine rings is 1. The number of nitrogens with one attached hydrogen (secondary N) is 1. The summed E-state index contributed by atoms with van der Waals surface area (Å²) in [5.74, 6) is 1.21. The van der Waals surface area contributed by atoms with E-state index in [1.54, 1.807) is 31.1 Å². The molecule has 1 N–H and O–H groups in total. The first kappa shape index (κ1) is 26.7. The highest BCUT2D eigenvalue weighted by atomic mass is 16.5. The standard InChI is InChI=1S/C33H35N3O5/c1-6-20-11-13-22(14-12-20)24-18-36-28(37)19-35(17-21-15-26(39-3)30(41-5)27(16-21)40-4)32(38)33(36,2)31-29(24)23-9-7-8-10-25(23)34-31/h7-16,24,34H,6,17-19H2,1-5H3/t24-,33-/m0/s1. The van der Waals surface area contributed by atoms with E-state index in [1.807, 2.05) is 37.3 Å². The van der Waals surface area contributed by atoms with Gasteiger partial charge in [-0.15, -0.1) is 0 Å². The second kappa shape index (κ2) is 10.2. The van der Waals surface area contributed by atoms with Crippen LogP contribution in [0.15, 0.2) is 60.7 Å². The second-order valence-electron chi connectivity index (χ2n) is 10.9. The number of H-pyrrole nitrogens is 1. The Labute approximate surface area is 239 Å². The molecule has 8 nitrogen and oxygen atoms in total. The quantitative estimate of drug-likeness (QED) is 0.349. The van der Waals surface area contributed by atoms with Gasteiger partial charge in [0.05, 0.1) is 27.0 Å². The van der Waals surface area contributed by atoms with Crippen LogP contribution in [0, 0.1) is 0 Å². The van der Waals surface area contributed by atoms with Crippen molar-refractivity contribution < 1.29 is 23.8 Å². The first-order chi connectivity index (χ1) is 19.8. The summed E-state index contributed by atoms with van der Waals surface area (Å²) in [6, 6.07) is 20.4. The van der Waals surface area contributed by atoms with Gasteiger partial charge in [-0.2, -0.15) is 0 Å². The van der Waals surface area contributed by atoms with Crippen molar-refractivity contribution in [3.8, 4) is 17.2 Å². The van der Waals surface area contributed by atoms with E-state index in [-0.39, 0.29) is 30.8 Å². The van der Waals surface area contributed by atoms with E-state index in [9.17, 15) is 9.59 Å². The summed E-state index contributed by atoms with van der Waals surface area (Å²) in [5, 5.41) is 1.08. The van der Waals surface area contributed by atoms with Crippen molar-refractivity contribution in [1.82, 2.24) is 14.8 Å². The van der Waals surface area contributed by atoms with Gasteiger partial charge in [-0.3, -0.25) is 9.59 Å². The smallest absolute Gasteiger partial charge is 0.255 e. The van der Waals surface area contributed by atoms with Gasteiger partial charge in [-0.05, 0) is 53.8 Å². The summed E-state index contributed by atoms with van der Waals surface area (Å²) in [6.45, 7) is 4.66. The monoisotopic (exact) mass is 553 g/mol. The number of ether oxygens (including phenoxy) is 3. The SMILES string of the molecule is CCc1ccc([C@@H]2CN3C(=O)CN(Cc4cc(OC)c(OC)c(OC)c4)C(=O)[C@]3(C)c3[nH]c4ccccc4c32)cc1. The Kier molecular flexibility index (Phi) is 6.64.